The van der Waals surface area contributed by atoms with Gasteiger partial charge in [0.2, 0.25) is 5.91 Å². The molecule has 0 radical (unpaired) electrons. The summed E-state index contributed by atoms with van der Waals surface area (Å²) in [4.78, 5) is 28.2. The number of benzene rings is 4. The first-order valence-corrected chi connectivity index (χ1v) is 14.9. The lowest BCUT2D eigenvalue weighted by atomic mass is 9.83. The fraction of sp³-hybridized carbons (Fsp3) is 0.278. The molecule has 2 atom stereocenters. The highest BCUT2D eigenvalue weighted by atomic mass is 16.6. The van der Waals surface area contributed by atoms with Crippen LogP contribution in [-0.2, 0) is 27.5 Å². The smallest absolute Gasteiger partial charge is 0.417 e. The minimum Gasteiger partial charge on any atom is -0.497 e. The fourth-order valence-corrected chi connectivity index (χ4v) is 5.78. The Hall–Kier alpha value is -4.86. The molecule has 0 aromatic heterocycles. The molecule has 0 spiro atoms. The van der Waals surface area contributed by atoms with Gasteiger partial charge in [-0.1, -0.05) is 66.7 Å². The van der Waals surface area contributed by atoms with Crippen molar-refractivity contribution in [1.82, 2.24) is 4.90 Å². The van der Waals surface area contributed by atoms with E-state index >= 15 is 0 Å². The minimum absolute atomic E-state index is 0.0335. The van der Waals surface area contributed by atoms with E-state index in [1.807, 2.05) is 92.7 Å². The van der Waals surface area contributed by atoms with Gasteiger partial charge < -0.3 is 25.0 Å². The Balaban J connectivity index is 1.46. The number of nitrogens with two attached hydrogens (primary N) is 2. The summed E-state index contributed by atoms with van der Waals surface area (Å²) in [6.07, 6.45) is -0.605. The van der Waals surface area contributed by atoms with Gasteiger partial charge in [0.1, 0.15) is 18.4 Å². The molecule has 2 amide bonds. The van der Waals surface area contributed by atoms with Crippen LogP contribution in [0.15, 0.2) is 84.9 Å². The van der Waals surface area contributed by atoms with Gasteiger partial charge in [-0.2, -0.15) is 0 Å². The second kappa shape index (κ2) is 13.8. The number of nitrogen functional groups attached to an aromatic ring is 1. The van der Waals surface area contributed by atoms with E-state index in [4.69, 9.17) is 25.8 Å². The summed E-state index contributed by atoms with van der Waals surface area (Å²) < 4.78 is 16.7. The number of nitrogens with zero attached hydrogens (tertiary/aromatic N) is 2. The third-order valence-electron chi connectivity index (χ3n) is 8.45. The number of hydrogen-bond acceptors (Lipinski definition) is 8. The van der Waals surface area contributed by atoms with Crippen LogP contribution in [0.5, 0.6) is 5.75 Å². The number of hydrazine groups is 1. The van der Waals surface area contributed by atoms with E-state index in [1.54, 1.807) is 14.2 Å². The predicted octanol–water partition coefficient (Wildman–Crippen LogP) is 6.16. The van der Waals surface area contributed by atoms with E-state index in [0.717, 1.165) is 44.7 Å². The maximum Gasteiger partial charge on any atom is 0.417 e. The average molecular weight is 609 g/mol. The van der Waals surface area contributed by atoms with Crippen LogP contribution in [0.2, 0.25) is 0 Å². The number of rotatable bonds is 11. The molecule has 9 heteroatoms. The van der Waals surface area contributed by atoms with Crippen LogP contribution in [0.25, 0.3) is 0 Å². The lowest BCUT2D eigenvalue weighted by Crippen LogP contribution is -2.35. The monoisotopic (exact) mass is 608 g/mol. The SMILES string of the molecule is COc1ccc(COCc2cc([C@@H](CC(=O)N3C(=O)OC[C@@H]3c3ccccc3)c3ccc(N(C)N)c(N)c3C)ccc2C)cc1. The number of carbonyl (C=O) groups is 2. The van der Waals surface area contributed by atoms with E-state index in [-0.39, 0.29) is 18.9 Å². The standard InChI is InChI=1S/C36H40N4O5/c1-23-10-13-27(18-28(23)21-44-20-25-11-14-29(43-4)15-12-25)31(30-16-17-32(39(3)38)35(37)24(30)2)19-34(41)40-33(22-45-36(40)42)26-8-6-5-7-9-26/h5-18,31,33H,19-22,37-38H2,1-4H3/t31-,33-/m1/s1. The summed E-state index contributed by atoms with van der Waals surface area (Å²) in [6.45, 7) is 4.91. The molecule has 1 saturated heterocycles. The predicted molar refractivity (Wildman–Crippen MR) is 175 cm³/mol. The molecule has 4 N–H and O–H groups in total. The van der Waals surface area contributed by atoms with E-state index in [9.17, 15) is 9.59 Å². The molecule has 5 rings (SSSR count). The average Bonchev–Trinajstić information content (AvgIpc) is 3.44. The first-order chi connectivity index (χ1) is 21.7. The number of anilines is 2. The third kappa shape index (κ3) is 6.95. The van der Waals surface area contributed by atoms with Crippen LogP contribution < -0.4 is 21.3 Å². The van der Waals surface area contributed by atoms with Crippen molar-refractivity contribution >= 4 is 23.4 Å². The van der Waals surface area contributed by atoms with E-state index < -0.39 is 18.1 Å². The normalized spacial score (nSPS) is 15.1. The highest BCUT2D eigenvalue weighted by Crippen LogP contribution is 2.39. The van der Waals surface area contributed by atoms with Crippen LogP contribution in [0.4, 0.5) is 16.2 Å². The molecule has 9 nitrogen and oxygen atoms in total. The number of imide groups is 1. The van der Waals surface area contributed by atoms with Crippen LogP contribution >= 0.6 is 0 Å². The number of carbonyl (C=O) groups excluding carboxylic acids is 2. The molecule has 1 aliphatic heterocycles. The number of aryl methyl sites for hydroxylation is 1. The molecule has 0 saturated carbocycles. The zero-order valence-electron chi connectivity index (χ0n) is 26.2. The number of hydrogen-bond donors (Lipinski definition) is 2. The highest BCUT2D eigenvalue weighted by Gasteiger charge is 2.40. The number of ether oxygens (including phenoxy) is 3. The topological polar surface area (TPSA) is 120 Å². The van der Waals surface area contributed by atoms with Crippen LogP contribution in [0.3, 0.4) is 0 Å². The van der Waals surface area contributed by atoms with Crippen molar-refractivity contribution in [3.63, 3.8) is 0 Å². The Morgan fingerprint density at radius 2 is 1.76 bits per heavy atom. The van der Waals surface area contributed by atoms with Gasteiger partial charge in [-0.05, 0) is 71.0 Å². The van der Waals surface area contributed by atoms with E-state index in [1.165, 1.54) is 9.91 Å². The highest BCUT2D eigenvalue weighted by molar-refractivity contribution is 5.94. The first-order valence-electron chi connectivity index (χ1n) is 14.9. The quantitative estimate of drug-likeness (QED) is 0.118. The van der Waals surface area contributed by atoms with Gasteiger partial charge in [-0.3, -0.25) is 4.79 Å². The molecule has 1 heterocycles. The van der Waals surface area contributed by atoms with Gasteiger partial charge >= 0.3 is 6.09 Å². The lowest BCUT2D eigenvalue weighted by Gasteiger charge is -2.27. The van der Waals surface area contributed by atoms with Crippen molar-refractivity contribution < 1.29 is 23.8 Å². The Kier molecular flexibility index (Phi) is 9.71. The molecule has 234 valence electrons. The summed E-state index contributed by atoms with van der Waals surface area (Å²) >= 11 is 0. The number of cyclic esters (lactones) is 1. The molecule has 0 aliphatic carbocycles. The maximum absolute atomic E-state index is 14.0. The van der Waals surface area contributed by atoms with Gasteiger partial charge in [0, 0.05) is 19.4 Å². The van der Waals surface area contributed by atoms with Crippen LogP contribution in [0, 0.1) is 13.8 Å². The first kappa shape index (κ1) is 31.6. The molecular weight excluding hydrogens is 568 g/mol. The minimum atomic E-state index is -0.638. The van der Waals surface area contributed by atoms with Crippen molar-refractivity contribution in [2.24, 2.45) is 5.84 Å². The van der Waals surface area contributed by atoms with E-state index in [0.29, 0.717) is 24.6 Å². The van der Waals surface area contributed by atoms with Gasteiger partial charge in [0.05, 0.1) is 31.7 Å². The molecule has 0 bridgehead atoms. The molecule has 1 aliphatic rings. The molecular formula is C36H40N4O5. The molecule has 4 aromatic carbocycles. The van der Waals surface area contributed by atoms with Crippen LogP contribution in [0.1, 0.15) is 57.3 Å². The second-order valence-corrected chi connectivity index (χ2v) is 11.4. The van der Waals surface area contributed by atoms with Crippen molar-refractivity contribution in [3.8, 4) is 5.75 Å². The number of amides is 2. The largest absolute Gasteiger partial charge is 0.497 e. The van der Waals surface area contributed by atoms with Crippen molar-refractivity contribution in [2.75, 3.05) is 31.5 Å². The van der Waals surface area contributed by atoms with Gasteiger partial charge in [0.15, 0.2) is 0 Å². The zero-order valence-corrected chi connectivity index (χ0v) is 26.2. The molecule has 4 aromatic rings. The third-order valence-corrected chi connectivity index (χ3v) is 8.45. The van der Waals surface area contributed by atoms with Gasteiger partial charge in [0.25, 0.3) is 0 Å². The van der Waals surface area contributed by atoms with E-state index in [2.05, 4.69) is 6.07 Å². The molecule has 0 unspecified atom stereocenters. The summed E-state index contributed by atoms with van der Waals surface area (Å²) in [5.41, 5.74) is 14.3. The van der Waals surface area contributed by atoms with Crippen molar-refractivity contribution in [3.05, 3.63) is 124 Å². The van der Waals surface area contributed by atoms with Gasteiger partial charge in [-0.25, -0.2) is 15.5 Å². The summed E-state index contributed by atoms with van der Waals surface area (Å²) in [7, 11) is 3.37. The maximum atomic E-state index is 14.0. The second-order valence-electron chi connectivity index (χ2n) is 11.4. The fourth-order valence-electron chi connectivity index (χ4n) is 5.78. The number of methoxy groups -OCH3 is 1. The van der Waals surface area contributed by atoms with Gasteiger partial charge in [-0.15, -0.1) is 0 Å². The summed E-state index contributed by atoms with van der Waals surface area (Å²) in [6, 6.07) is 26.7. The summed E-state index contributed by atoms with van der Waals surface area (Å²) in [5, 5.41) is 1.47. The van der Waals surface area contributed by atoms with Crippen molar-refractivity contribution in [2.45, 2.75) is 45.4 Å². The molecule has 45 heavy (non-hydrogen) atoms. The Morgan fingerprint density at radius 1 is 1.02 bits per heavy atom. The zero-order chi connectivity index (χ0) is 32.1. The summed E-state index contributed by atoms with van der Waals surface area (Å²) in [5.74, 6) is 6.10. The Morgan fingerprint density at radius 3 is 2.44 bits per heavy atom. The van der Waals surface area contributed by atoms with Crippen molar-refractivity contribution in [1.29, 1.82) is 0 Å². The lowest BCUT2D eigenvalue weighted by molar-refractivity contribution is -0.129. The molecule has 1 fully saturated rings. The van der Waals surface area contributed by atoms with Crippen LogP contribution in [-0.4, -0.2) is 37.7 Å². The Bertz CT molecular complexity index is 1660. The Labute approximate surface area is 264 Å².